The van der Waals surface area contributed by atoms with E-state index >= 15 is 0 Å². The normalized spacial score (nSPS) is 20.6. The van der Waals surface area contributed by atoms with Crippen molar-refractivity contribution in [3.05, 3.63) is 22.5 Å². The monoisotopic (exact) mass is 177 g/mol. The average Bonchev–Trinajstić information content (AvgIpc) is 2.36. The molecule has 1 aliphatic rings. The van der Waals surface area contributed by atoms with Crippen LogP contribution < -0.4 is 5.43 Å². The summed E-state index contributed by atoms with van der Waals surface area (Å²) in [7, 11) is 0. The lowest BCUT2D eigenvalue weighted by Gasteiger charge is -2.19. The summed E-state index contributed by atoms with van der Waals surface area (Å²) < 4.78 is 0. The van der Waals surface area contributed by atoms with E-state index in [-0.39, 0.29) is 0 Å². The first-order valence-electron chi connectivity index (χ1n) is 4.60. The number of nitrogens with zero attached hydrogens (tertiary/aromatic N) is 1. The molecule has 2 N–H and O–H groups in total. The second-order valence-electron chi connectivity index (χ2n) is 3.71. The zero-order valence-corrected chi connectivity index (χ0v) is 8.52. The van der Waals surface area contributed by atoms with E-state index in [1.54, 1.807) is 0 Å². The molecule has 3 heteroatoms. The minimum atomic E-state index is 0.323. The van der Waals surface area contributed by atoms with Crippen LogP contribution in [-0.4, -0.2) is 10.7 Å². The van der Waals surface area contributed by atoms with Crippen molar-refractivity contribution in [3.63, 3.8) is 0 Å². The van der Waals surface area contributed by atoms with Crippen LogP contribution in [0.25, 0.3) is 0 Å². The minimum absolute atomic E-state index is 0.323. The number of H-pyrrole nitrogens is 1. The molecule has 1 aliphatic heterocycles. The smallest absolute Gasteiger partial charge is 0.0685 e. The minimum Gasteiger partial charge on any atom is -0.362 e. The number of fused-ring (bicyclic) bond motifs is 1. The van der Waals surface area contributed by atoms with E-state index in [2.05, 4.69) is 36.3 Å². The van der Waals surface area contributed by atoms with E-state index in [9.17, 15) is 0 Å². The Balaban J connectivity index is 2.68. The number of hydrogen-bond donors (Lipinski definition) is 2. The van der Waals surface area contributed by atoms with Gasteiger partial charge in [-0.3, -0.25) is 0 Å². The Morgan fingerprint density at radius 1 is 1.15 bits per heavy atom. The fraction of sp³-hybridized carbons (Fsp3) is 0.500. The standard InChI is InChI=1S/C10H15N3/c1-5-9-7(3)12-13-8(4)10(9)6(2)11-5/h7,11-12H,1-4H3. The molecule has 2 heterocycles. The largest absolute Gasteiger partial charge is 0.362 e. The fourth-order valence-electron chi connectivity index (χ4n) is 2.12. The molecule has 70 valence electrons. The molecule has 13 heavy (non-hydrogen) atoms. The molecule has 0 radical (unpaired) electrons. The molecule has 1 unspecified atom stereocenters. The van der Waals surface area contributed by atoms with E-state index in [4.69, 9.17) is 0 Å². The fourth-order valence-corrected chi connectivity index (χ4v) is 2.12. The number of hydrazone groups is 1. The van der Waals surface area contributed by atoms with Gasteiger partial charge in [-0.25, -0.2) is 0 Å². The first kappa shape index (κ1) is 8.35. The summed E-state index contributed by atoms with van der Waals surface area (Å²) in [5, 5.41) is 4.27. The average molecular weight is 177 g/mol. The van der Waals surface area contributed by atoms with Crippen molar-refractivity contribution in [2.24, 2.45) is 5.10 Å². The number of aromatic amines is 1. The van der Waals surface area contributed by atoms with E-state index in [1.807, 2.05) is 6.92 Å². The van der Waals surface area contributed by atoms with Crippen molar-refractivity contribution in [3.8, 4) is 0 Å². The van der Waals surface area contributed by atoms with Gasteiger partial charge in [0, 0.05) is 22.5 Å². The van der Waals surface area contributed by atoms with Crippen LogP contribution in [0.4, 0.5) is 0 Å². The van der Waals surface area contributed by atoms with Gasteiger partial charge in [-0.15, -0.1) is 0 Å². The summed E-state index contributed by atoms with van der Waals surface area (Å²) in [6.45, 7) is 8.39. The molecule has 0 fully saturated rings. The maximum Gasteiger partial charge on any atom is 0.0685 e. The van der Waals surface area contributed by atoms with Crippen molar-refractivity contribution in [2.45, 2.75) is 33.7 Å². The molecule has 0 saturated carbocycles. The van der Waals surface area contributed by atoms with Gasteiger partial charge in [-0.05, 0) is 27.7 Å². The molecule has 0 aliphatic carbocycles. The Kier molecular flexibility index (Phi) is 1.68. The first-order valence-corrected chi connectivity index (χ1v) is 4.60. The topological polar surface area (TPSA) is 40.2 Å². The lowest BCUT2D eigenvalue weighted by atomic mass is 9.98. The predicted octanol–water partition coefficient (Wildman–Crippen LogP) is 2.02. The lowest BCUT2D eigenvalue weighted by molar-refractivity contribution is 0.592. The van der Waals surface area contributed by atoms with Crippen molar-refractivity contribution in [1.29, 1.82) is 0 Å². The number of aromatic nitrogens is 1. The third kappa shape index (κ3) is 1.07. The van der Waals surface area contributed by atoms with Crippen molar-refractivity contribution >= 4 is 5.71 Å². The van der Waals surface area contributed by atoms with E-state index in [0.29, 0.717) is 6.04 Å². The van der Waals surface area contributed by atoms with Crippen LogP contribution in [0, 0.1) is 13.8 Å². The van der Waals surface area contributed by atoms with Crippen LogP contribution in [-0.2, 0) is 0 Å². The van der Waals surface area contributed by atoms with Gasteiger partial charge in [-0.2, -0.15) is 5.10 Å². The molecule has 3 nitrogen and oxygen atoms in total. The van der Waals surface area contributed by atoms with Crippen LogP contribution in [0.3, 0.4) is 0 Å². The molecule has 0 amide bonds. The van der Waals surface area contributed by atoms with Gasteiger partial charge < -0.3 is 10.4 Å². The highest BCUT2D eigenvalue weighted by molar-refractivity contribution is 6.02. The number of rotatable bonds is 0. The summed E-state index contributed by atoms with van der Waals surface area (Å²) in [6.07, 6.45) is 0. The predicted molar refractivity (Wildman–Crippen MR) is 54.0 cm³/mol. The zero-order chi connectivity index (χ0) is 9.59. The molecular formula is C10H15N3. The summed E-state index contributed by atoms with van der Waals surface area (Å²) in [5.74, 6) is 0. The third-order valence-electron chi connectivity index (χ3n) is 2.64. The van der Waals surface area contributed by atoms with Crippen molar-refractivity contribution in [1.82, 2.24) is 10.4 Å². The summed E-state index contributed by atoms with van der Waals surface area (Å²) >= 11 is 0. The van der Waals surface area contributed by atoms with Crippen LogP contribution >= 0.6 is 0 Å². The summed E-state index contributed by atoms with van der Waals surface area (Å²) in [5.41, 5.74) is 9.33. The molecule has 1 atom stereocenters. The molecule has 0 saturated heterocycles. The molecule has 1 aromatic heterocycles. The molecule has 0 spiro atoms. The maximum absolute atomic E-state index is 4.27. The van der Waals surface area contributed by atoms with Gasteiger partial charge >= 0.3 is 0 Å². The van der Waals surface area contributed by atoms with Gasteiger partial charge in [-0.1, -0.05) is 0 Å². The Morgan fingerprint density at radius 3 is 2.46 bits per heavy atom. The molecule has 1 aromatic rings. The molecule has 0 bridgehead atoms. The highest BCUT2D eigenvalue weighted by Gasteiger charge is 2.22. The van der Waals surface area contributed by atoms with Gasteiger partial charge in [0.25, 0.3) is 0 Å². The first-order chi connectivity index (χ1) is 6.11. The zero-order valence-electron chi connectivity index (χ0n) is 8.52. The van der Waals surface area contributed by atoms with Gasteiger partial charge in [0.05, 0.1) is 11.8 Å². The second kappa shape index (κ2) is 2.62. The maximum atomic E-state index is 4.27. The number of aryl methyl sites for hydroxylation is 2. The van der Waals surface area contributed by atoms with Crippen LogP contribution in [0.5, 0.6) is 0 Å². The summed E-state index contributed by atoms with van der Waals surface area (Å²) in [6, 6.07) is 0.323. The summed E-state index contributed by atoms with van der Waals surface area (Å²) in [4.78, 5) is 3.36. The molecule has 2 rings (SSSR count). The Bertz CT molecular complexity index is 374. The van der Waals surface area contributed by atoms with Crippen LogP contribution in [0.2, 0.25) is 0 Å². The Hall–Kier alpha value is -1.25. The number of hydrogen-bond acceptors (Lipinski definition) is 2. The van der Waals surface area contributed by atoms with Gasteiger partial charge in [0.15, 0.2) is 0 Å². The second-order valence-corrected chi connectivity index (χ2v) is 3.71. The quantitative estimate of drug-likeness (QED) is 0.625. The highest BCUT2D eigenvalue weighted by atomic mass is 15.3. The van der Waals surface area contributed by atoms with E-state index < -0.39 is 0 Å². The highest BCUT2D eigenvalue weighted by Crippen LogP contribution is 2.28. The van der Waals surface area contributed by atoms with Crippen LogP contribution in [0.1, 0.15) is 42.4 Å². The van der Waals surface area contributed by atoms with Crippen molar-refractivity contribution in [2.75, 3.05) is 0 Å². The van der Waals surface area contributed by atoms with Crippen LogP contribution in [0.15, 0.2) is 5.10 Å². The molecular weight excluding hydrogens is 162 g/mol. The van der Waals surface area contributed by atoms with E-state index in [1.165, 1.54) is 22.5 Å². The molecule has 0 aromatic carbocycles. The Labute approximate surface area is 78.2 Å². The third-order valence-corrected chi connectivity index (χ3v) is 2.64. The van der Waals surface area contributed by atoms with Gasteiger partial charge in [0.1, 0.15) is 0 Å². The van der Waals surface area contributed by atoms with E-state index in [0.717, 1.165) is 5.71 Å². The SMILES string of the molecule is CC1=NNC(C)c2c(C)[nH]c(C)c21. The number of nitrogens with one attached hydrogen (secondary N) is 2. The lowest BCUT2D eigenvalue weighted by Crippen LogP contribution is -2.22. The Morgan fingerprint density at radius 2 is 1.85 bits per heavy atom. The van der Waals surface area contributed by atoms with Crippen molar-refractivity contribution < 1.29 is 0 Å². The van der Waals surface area contributed by atoms with Gasteiger partial charge in [0.2, 0.25) is 0 Å².